The summed E-state index contributed by atoms with van der Waals surface area (Å²) in [6, 6.07) is 8.11. The minimum atomic E-state index is -0.152. The largest absolute Gasteiger partial charge is 0.497 e. The summed E-state index contributed by atoms with van der Waals surface area (Å²) in [5.41, 5.74) is -0.152. The van der Waals surface area contributed by atoms with Crippen molar-refractivity contribution >= 4 is 11.8 Å². The van der Waals surface area contributed by atoms with Crippen molar-refractivity contribution in [3.05, 3.63) is 24.3 Å². The van der Waals surface area contributed by atoms with Gasteiger partial charge in [0.05, 0.1) is 13.7 Å². The van der Waals surface area contributed by atoms with E-state index in [0.29, 0.717) is 0 Å². The molecular formula is C14H23NO2S. The van der Waals surface area contributed by atoms with Crippen LogP contribution in [0.25, 0.3) is 0 Å². The van der Waals surface area contributed by atoms with Gasteiger partial charge in [-0.1, -0.05) is 0 Å². The summed E-state index contributed by atoms with van der Waals surface area (Å²) in [6.45, 7) is 2.22. The molecule has 3 nitrogen and oxygen atoms in total. The Hall–Kier alpha value is -0.710. The Kier molecular flexibility index (Phi) is 6.54. The first-order chi connectivity index (χ1) is 8.63. The maximum atomic E-state index is 9.28. The number of aliphatic hydroxyl groups excluding tert-OH is 1. The molecule has 0 bridgehead atoms. The third kappa shape index (κ3) is 4.88. The lowest BCUT2D eigenvalue weighted by molar-refractivity contribution is 0.173. The van der Waals surface area contributed by atoms with Crippen LogP contribution in [0.5, 0.6) is 5.75 Å². The molecule has 0 aliphatic rings. The fourth-order valence-corrected chi connectivity index (χ4v) is 2.46. The highest BCUT2D eigenvalue weighted by atomic mass is 32.2. The first-order valence-corrected chi connectivity index (χ1v) is 7.19. The Balaban J connectivity index is 2.29. The predicted octanol–water partition coefficient (Wildman–Crippen LogP) is 2.54. The maximum Gasteiger partial charge on any atom is 0.118 e. The molecule has 0 aliphatic carbocycles. The second-order valence-corrected chi connectivity index (χ2v) is 5.76. The number of ether oxygens (including phenoxy) is 1. The average Bonchev–Trinajstić information content (AvgIpc) is 2.44. The van der Waals surface area contributed by atoms with Crippen molar-refractivity contribution in [3.63, 3.8) is 0 Å². The summed E-state index contributed by atoms with van der Waals surface area (Å²) in [7, 11) is 3.57. The molecular weight excluding hydrogens is 246 g/mol. The van der Waals surface area contributed by atoms with Crippen molar-refractivity contribution < 1.29 is 9.84 Å². The zero-order valence-electron chi connectivity index (χ0n) is 11.4. The number of thioether (sulfide) groups is 1. The normalized spacial score (nSPS) is 14.2. The summed E-state index contributed by atoms with van der Waals surface area (Å²) in [5, 5.41) is 12.4. The van der Waals surface area contributed by atoms with Gasteiger partial charge in [0.25, 0.3) is 0 Å². The van der Waals surface area contributed by atoms with Crippen LogP contribution >= 0.6 is 11.8 Å². The number of aliphatic hydroxyl groups is 1. The van der Waals surface area contributed by atoms with Crippen molar-refractivity contribution in [1.82, 2.24) is 5.32 Å². The Morgan fingerprint density at radius 3 is 2.50 bits per heavy atom. The third-order valence-corrected chi connectivity index (χ3v) is 4.25. The van der Waals surface area contributed by atoms with Gasteiger partial charge in [0.15, 0.2) is 0 Å². The second-order valence-electron chi connectivity index (χ2n) is 4.60. The first kappa shape index (κ1) is 15.3. The molecule has 1 aromatic rings. The Labute approximate surface area is 114 Å². The monoisotopic (exact) mass is 269 g/mol. The van der Waals surface area contributed by atoms with Crippen molar-refractivity contribution in [2.45, 2.75) is 30.2 Å². The van der Waals surface area contributed by atoms with E-state index in [-0.39, 0.29) is 12.1 Å². The zero-order valence-corrected chi connectivity index (χ0v) is 12.2. The van der Waals surface area contributed by atoms with E-state index in [2.05, 4.69) is 17.4 Å². The van der Waals surface area contributed by atoms with Gasteiger partial charge in [0, 0.05) is 10.4 Å². The molecule has 2 N–H and O–H groups in total. The molecule has 0 heterocycles. The van der Waals surface area contributed by atoms with Crippen molar-refractivity contribution in [2.24, 2.45) is 0 Å². The lowest BCUT2D eigenvalue weighted by Gasteiger charge is -2.26. The van der Waals surface area contributed by atoms with Gasteiger partial charge in [-0.3, -0.25) is 0 Å². The highest BCUT2D eigenvalue weighted by Gasteiger charge is 2.19. The summed E-state index contributed by atoms with van der Waals surface area (Å²) in [5.74, 6) is 1.95. The van der Waals surface area contributed by atoms with Crippen molar-refractivity contribution in [3.8, 4) is 5.75 Å². The highest BCUT2D eigenvalue weighted by molar-refractivity contribution is 7.99. The summed E-state index contributed by atoms with van der Waals surface area (Å²) < 4.78 is 5.12. The van der Waals surface area contributed by atoms with E-state index >= 15 is 0 Å². The Bertz CT molecular complexity index is 336. The maximum absolute atomic E-state index is 9.28. The zero-order chi connectivity index (χ0) is 13.4. The molecule has 0 fully saturated rings. The summed E-state index contributed by atoms with van der Waals surface area (Å²) >= 11 is 1.84. The van der Waals surface area contributed by atoms with Crippen LogP contribution in [0.1, 0.15) is 19.8 Å². The van der Waals surface area contributed by atoms with Crippen LogP contribution in [0.15, 0.2) is 29.2 Å². The van der Waals surface area contributed by atoms with Gasteiger partial charge in [-0.15, -0.1) is 11.8 Å². The molecule has 0 aliphatic heterocycles. The van der Waals surface area contributed by atoms with E-state index in [1.807, 2.05) is 37.9 Å². The molecule has 18 heavy (non-hydrogen) atoms. The molecule has 0 radical (unpaired) electrons. The van der Waals surface area contributed by atoms with Gasteiger partial charge in [0.1, 0.15) is 5.75 Å². The fraction of sp³-hybridized carbons (Fsp3) is 0.571. The quantitative estimate of drug-likeness (QED) is 0.562. The third-order valence-electron chi connectivity index (χ3n) is 3.15. The van der Waals surface area contributed by atoms with E-state index in [1.54, 1.807) is 7.11 Å². The SMILES string of the molecule is CNC(C)(CO)CCCSc1ccc(OC)cc1. The van der Waals surface area contributed by atoms with Crippen LogP contribution in [-0.4, -0.2) is 37.2 Å². The molecule has 1 unspecified atom stereocenters. The minimum Gasteiger partial charge on any atom is -0.497 e. The number of rotatable bonds is 8. The van der Waals surface area contributed by atoms with Crippen LogP contribution in [0, 0.1) is 0 Å². The standard InChI is InChI=1S/C14H23NO2S/c1-14(11-16,15-2)9-4-10-18-13-7-5-12(17-3)6-8-13/h5-8,15-16H,4,9-11H2,1-3H3. The van der Waals surface area contributed by atoms with E-state index in [4.69, 9.17) is 4.74 Å². The average molecular weight is 269 g/mol. The van der Waals surface area contributed by atoms with Crippen molar-refractivity contribution in [1.29, 1.82) is 0 Å². The summed E-state index contributed by atoms with van der Waals surface area (Å²) in [6.07, 6.45) is 2.05. The highest BCUT2D eigenvalue weighted by Crippen LogP contribution is 2.23. The fourth-order valence-electron chi connectivity index (χ4n) is 1.61. The molecule has 1 aromatic carbocycles. The van der Waals surface area contributed by atoms with Crippen LogP contribution in [-0.2, 0) is 0 Å². The van der Waals surface area contributed by atoms with E-state index in [0.717, 1.165) is 24.3 Å². The van der Waals surface area contributed by atoms with Crippen LogP contribution in [0.3, 0.4) is 0 Å². The van der Waals surface area contributed by atoms with Gasteiger partial charge in [-0.2, -0.15) is 0 Å². The number of hydrogen-bond acceptors (Lipinski definition) is 4. The van der Waals surface area contributed by atoms with Crippen LogP contribution in [0.4, 0.5) is 0 Å². The number of benzene rings is 1. The van der Waals surface area contributed by atoms with Crippen molar-refractivity contribution in [2.75, 3.05) is 26.5 Å². The van der Waals surface area contributed by atoms with Gasteiger partial charge in [-0.25, -0.2) is 0 Å². The van der Waals surface area contributed by atoms with E-state index in [1.165, 1.54) is 4.90 Å². The summed E-state index contributed by atoms with van der Waals surface area (Å²) in [4.78, 5) is 1.26. The number of nitrogens with one attached hydrogen (secondary N) is 1. The predicted molar refractivity (Wildman–Crippen MR) is 77.5 cm³/mol. The first-order valence-electron chi connectivity index (χ1n) is 6.20. The Morgan fingerprint density at radius 2 is 2.00 bits per heavy atom. The molecule has 0 saturated heterocycles. The second kappa shape index (κ2) is 7.67. The molecule has 1 rings (SSSR count). The Morgan fingerprint density at radius 1 is 1.33 bits per heavy atom. The molecule has 0 amide bonds. The number of likely N-dealkylation sites (N-methyl/N-ethyl adjacent to an activating group) is 1. The molecule has 4 heteroatoms. The topological polar surface area (TPSA) is 41.5 Å². The molecule has 0 spiro atoms. The van der Waals surface area contributed by atoms with Crippen LogP contribution < -0.4 is 10.1 Å². The van der Waals surface area contributed by atoms with E-state index < -0.39 is 0 Å². The molecule has 0 aromatic heterocycles. The lowest BCUT2D eigenvalue weighted by atomic mass is 9.98. The van der Waals surface area contributed by atoms with Gasteiger partial charge in [0.2, 0.25) is 0 Å². The van der Waals surface area contributed by atoms with Gasteiger partial charge in [-0.05, 0) is 56.8 Å². The smallest absolute Gasteiger partial charge is 0.118 e. The van der Waals surface area contributed by atoms with Crippen LogP contribution in [0.2, 0.25) is 0 Å². The molecule has 102 valence electrons. The number of methoxy groups -OCH3 is 1. The van der Waals surface area contributed by atoms with Gasteiger partial charge >= 0.3 is 0 Å². The van der Waals surface area contributed by atoms with Gasteiger partial charge < -0.3 is 15.2 Å². The molecule has 1 atom stereocenters. The number of hydrogen-bond donors (Lipinski definition) is 2. The lowest BCUT2D eigenvalue weighted by Crippen LogP contribution is -2.43. The molecule has 0 saturated carbocycles. The minimum absolute atomic E-state index is 0.152. The van der Waals surface area contributed by atoms with E-state index in [9.17, 15) is 5.11 Å².